The van der Waals surface area contributed by atoms with Crippen molar-refractivity contribution in [3.63, 3.8) is 0 Å². The van der Waals surface area contributed by atoms with E-state index in [9.17, 15) is 12.8 Å². The molecule has 1 N–H and O–H groups in total. The molecular formula is C29H62FNO3S. The monoisotopic (exact) mass is 523 g/mol. The average Bonchev–Trinajstić information content (AvgIpc) is 2.83. The van der Waals surface area contributed by atoms with Crippen molar-refractivity contribution in [3.8, 4) is 0 Å². The summed E-state index contributed by atoms with van der Waals surface area (Å²) in [5.74, 6) is 0.135. The maximum absolute atomic E-state index is 12.0. The van der Waals surface area contributed by atoms with Gasteiger partial charge in [-0.05, 0) is 33.4 Å². The van der Waals surface area contributed by atoms with Crippen molar-refractivity contribution in [3.05, 3.63) is 0 Å². The molecule has 6 heteroatoms. The summed E-state index contributed by atoms with van der Waals surface area (Å²) >= 11 is 0. The Bertz CT molecular complexity index is 475. The van der Waals surface area contributed by atoms with E-state index in [2.05, 4.69) is 12.2 Å². The quantitative estimate of drug-likeness (QED) is 0.0861. The number of alkyl halides is 1. The summed E-state index contributed by atoms with van der Waals surface area (Å²) in [4.78, 5) is 0. The first-order valence-corrected chi connectivity index (χ1v) is 16.6. The molecule has 4 nitrogen and oxygen atoms in total. The molecule has 0 rings (SSSR count). The molecule has 0 amide bonds. The van der Waals surface area contributed by atoms with Crippen LogP contribution in [0.5, 0.6) is 0 Å². The van der Waals surface area contributed by atoms with Crippen LogP contribution in [-0.4, -0.2) is 41.5 Å². The fraction of sp³-hybridized carbons (Fsp3) is 1.00. The number of halogens is 1. The molecule has 0 radical (unpaired) electrons. The van der Waals surface area contributed by atoms with Crippen LogP contribution in [0.15, 0.2) is 0 Å². The Hall–Kier alpha value is -0.200. The molecule has 0 fully saturated rings. The number of hydrogen-bond donors (Lipinski definition) is 1. The third kappa shape index (κ3) is 36.0. The molecule has 0 aliphatic heterocycles. The van der Waals surface area contributed by atoms with Gasteiger partial charge in [-0.15, -0.1) is 0 Å². The first-order valence-electron chi connectivity index (χ1n) is 15.1. The molecule has 0 saturated carbocycles. The van der Waals surface area contributed by atoms with E-state index in [1.807, 2.05) is 14.1 Å². The maximum atomic E-state index is 12.0. The first kappa shape index (κ1) is 37.0. The highest BCUT2D eigenvalue weighted by Crippen LogP contribution is 2.14. The molecule has 0 atom stereocenters. The highest BCUT2D eigenvalue weighted by molar-refractivity contribution is 7.86. The van der Waals surface area contributed by atoms with Crippen molar-refractivity contribution in [2.24, 2.45) is 0 Å². The van der Waals surface area contributed by atoms with Crippen molar-refractivity contribution >= 4 is 10.1 Å². The first-order chi connectivity index (χ1) is 17.0. The van der Waals surface area contributed by atoms with E-state index in [1.165, 1.54) is 89.9 Å². The smallest absolute Gasteiger partial charge is 0.267 e. The highest BCUT2D eigenvalue weighted by atomic mass is 32.2. The Morgan fingerprint density at radius 1 is 0.543 bits per heavy atom. The Balaban J connectivity index is 0. The summed E-state index contributed by atoms with van der Waals surface area (Å²) in [7, 11) is 0.397. The molecule has 0 saturated heterocycles. The third-order valence-corrected chi connectivity index (χ3v) is 7.60. The summed E-state index contributed by atoms with van der Waals surface area (Å²) in [6.45, 7) is 2.38. The van der Waals surface area contributed by atoms with E-state index in [1.54, 1.807) is 0 Å². The number of unbranched alkanes of at least 4 members (excludes halogenated alkanes) is 21. The van der Waals surface area contributed by atoms with Crippen molar-refractivity contribution in [2.75, 3.05) is 33.1 Å². The summed E-state index contributed by atoms with van der Waals surface area (Å²) in [6, 6.07) is 0. The standard InChI is InChI=1S/C27H55FO3S.C2H7N/c1-2-3-4-5-6-7-8-9-10-11-12-13-14-17-20-23-26-31-32(29,30)27-24-21-18-15-16-19-22-25-28;1-3-2/h2-27H2,1H3;3H,1-2H3. The second kappa shape index (κ2) is 31.8. The number of nitrogens with one attached hydrogen (secondary N) is 1. The minimum atomic E-state index is -3.35. The fourth-order valence-corrected chi connectivity index (χ4v) is 5.20. The van der Waals surface area contributed by atoms with E-state index in [4.69, 9.17) is 4.18 Å². The zero-order valence-electron chi connectivity index (χ0n) is 23.9. The van der Waals surface area contributed by atoms with Gasteiger partial charge in [0.1, 0.15) is 0 Å². The van der Waals surface area contributed by atoms with Gasteiger partial charge in [0.2, 0.25) is 0 Å². The molecule has 214 valence electrons. The summed E-state index contributed by atoms with van der Waals surface area (Å²) in [6.07, 6.45) is 27.3. The summed E-state index contributed by atoms with van der Waals surface area (Å²) in [5, 5.41) is 2.75. The zero-order valence-corrected chi connectivity index (χ0v) is 24.7. The van der Waals surface area contributed by atoms with Crippen molar-refractivity contribution in [1.29, 1.82) is 0 Å². The summed E-state index contributed by atoms with van der Waals surface area (Å²) < 4.78 is 40.9. The predicted molar refractivity (Wildman–Crippen MR) is 153 cm³/mol. The minimum absolute atomic E-state index is 0.135. The van der Waals surface area contributed by atoms with Crippen LogP contribution in [0.4, 0.5) is 4.39 Å². The average molecular weight is 524 g/mol. The van der Waals surface area contributed by atoms with Gasteiger partial charge in [0, 0.05) is 0 Å². The third-order valence-electron chi connectivity index (χ3n) is 6.29. The molecule has 0 aliphatic rings. The largest absolute Gasteiger partial charge is 0.323 e. The second-order valence-corrected chi connectivity index (χ2v) is 11.8. The van der Waals surface area contributed by atoms with E-state index in [0.717, 1.165) is 44.9 Å². The maximum Gasteiger partial charge on any atom is 0.267 e. The lowest BCUT2D eigenvalue weighted by Gasteiger charge is -2.06. The van der Waals surface area contributed by atoms with Gasteiger partial charge < -0.3 is 5.32 Å². The normalized spacial score (nSPS) is 11.4. The Morgan fingerprint density at radius 2 is 0.857 bits per heavy atom. The molecule has 0 aromatic rings. The molecule has 35 heavy (non-hydrogen) atoms. The van der Waals surface area contributed by atoms with Crippen LogP contribution in [0.3, 0.4) is 0 Å². The number of rotatable bonds is 27. The van der Waals surface area contributed by atoms with Crippen LogP contribution in [0.25, 0.3) is 0 Å². The van der Waals surface area contributed by atoms with E-state index >= 15 is 0 Å². The van der Waals surface area contributed by atoms with Crippen molar-refractivity contribution < 1.29 is 17.0 Å². The highest BCUT2D eigenvalue weighted by Gasteiger charge is 2.10. The Labute approximate surface area is 220 Å². The molecular weight excluding hydrogens is 461 g/mol. The van der Waals surface area contributed by atoms with Crippen molar-refractivity contribution in [2.45, 2.75) is 155 Å². The Morgan fingerprint density at radius 3 is 1.23 bits per heavy atom. The van der Waals surface area contributed by atoms with E-state index in [-0.39, 0.29) is 12.4 Å². The molecule has 0 spiro atoms. The topological polar surface area (TPSA) is 55.4 Å². The zero-order chi connectivity index (χ0) is 26.3. The molecule has 0 aromatic carbocycles. The van der Waals surface area contributed by atoms with Crippen LogP contribution in [-0.2, 0) is 14.3 Å². The molecule has 0 aliphatic carbocycles. The SMILES string of the molecule is CCCCCCCCCCCCCCCCCCOS(=O)(=O)CCCCCCCCCF.CNC. The summed E-state index contributed by atoms with van der Waals surface area (Å²) in [5.41, 5.74) is 0. The van der Waals surface area contributed by atoms with Gasteiger partial charge in [-0.1, -0.05) is 135 Å². The van der Waals surface area contributed by atoms with Gasteiger partial charge in [-0.2, -0.15) is 8.42 Å². The van der Waals surface area contributed by atoms with Gasteiger partial charge >= 0.3 is 0 Å². The van der Waals surface area contributed by atoms with Crippen LogP contribution >= 0.6 is 0 Å². The Kier molecular flexibility index (Phi) is 33.6. The second-order valence-electron chi connectivity index (χ2n) is 10.1. The molecule has 0 bridgehead atoms. The van der Waals surface area contributed by atoms with Crippen molar-refractivity contribution in [1.82, 2.24) is 5.32 Å². The van der Waals surface area contributed by atoms with Gasteiger partial charge in [0.05, 0.1) is 19.0 Å². The lowest BCUT2D eigenvalue weighted by atomic mass is 10.0. The molecule has 0 unspecified atom stereocenters. The van der Waals surface area contributed by atoms with Crippen LogP contribution in [0, 0.1) is 0 Å². The van der Waals surface area contributed by atoms with E-state index in [0.29, 0.717) is 19.4 Å². The van der Waals surface area contributed by atoms with Crippen LogP contribution in [0.2, 0.25) is 0 Å². The lowest BCUT2D eigenvalue weighted by molar-refractivity contribution is 0.305. The fourth-order valence-electron chi connectivity index (χ4n) is 4.15. The lowest BCUT2D eigenvalue weighted by Crippen LogP contribution is -2.11. The minimum Gasteiger partial charge on any atom is -0.323 e. The van der Waals surface area contributed by atoms with Gasteiger partial charge in [-0.25, -0.2) is 0 Å². The van der Waals surface area contributed by atoms with Gasteiger partial charge in [0.25, 0.3) is 10.1 Å². The number of hydrogen-bond acceptors (Lipinski definition) is 4. The van der Waals surface area contributed by atoms with Gasteiger partial charge in [-0.3, -0.25) is 8.57 Å². The van der Waals surface area contributed by atoms with Gasteiger partial charge in [0.15, 0.2) is 0 Å². The predicted octanol–water partition coefficient (Wildman–Crippen LogP) is 9.13. The molecule has 0 aromatic heterocycles. The molecule has 0 heterocycles. The van der Waals surface area contributed by atoms with E-state index < -0.39 is 10.1 Å². The van der Waals surface area contributed by atoms with Crippen LogP contribution < -0.4 is 5.32 Å². The van der Waals surface area contributed by atoms with Crippen LogP contribution in [0.1, 0.15) is 155 Å².